The fraction of sp³-hybridized carbons (Fsp3) is 0.462. The molecule has 5 heteroatoms. The van der Waals surface area contributed by atoms with Crippen LogP contribution in [0.5, 0.6) is 0 Å². The summed E-state index contributed by atoms with van der Waals surface area (Å²) in [6.45, 7) is 1.35. The van der Waals surface area contributed by atoms with E-state index in [1.165, 1.54) is 19.1 Å². The average Bonchev–Trinajstić information content (AvgIpc) is 2.28. The molecule has 0 radical (unpaired) electrons. The van der Waals surface area contributed by atoms with Crippen LogP contribution in [0.3, 0.4) is 0 Å². The minimum Gasteiger partial charge on any atom is -0.294 e. The topological polar surface area (TPSA) is 17.1 Å². The van der Waals surface area contributed by atoms with Gasteiger partial charge in [0.15, 0.2) is 5.78 Å². The molecule has 0 aliphatic heterocycles. The van der Waals surface area contributed by atoms with Crippen LogP contribution in [-0.4, -0.2) is 11.1 Å². The molecule has 0 N–H and O–H groups in total. The Balaban J connectivity index is 2.93. The van der Waals surface area contributed by atoms with Crippen molar-refractivity contribution >= 4 is 21.7 Å². The SMILES string of the molecule is Cc1c(C(=O)CCCCBr)cccc1C(F)(F)F. The van der Waals surface area contributed by atoms with Gasteiger partial charge in [-0.15, -0.1) is 0 Å². The van der Waals surface area contributed by atoms with Gasteiger partial charge < -0.3 is 0 Å². The average molecular weight is 323 g/mol. The lowest BCUT2D eigenvalue weighted by Gasteiger charge is -2.13. The molecule has 0 unspecified atom stereocenters. The van der Waals surface area contributed by atoms with Gasteiger partial charge in [-0.3, -0.25) is 4.79 Å². The molecule has 18 heavy (non-hydrogen) atoms. The number of benzene rings is 1. The van der Waals surface area contributed by atoms with Gasteiger partial charge in [-0.2, -0.15) is 13.2 Å². The van der Waals surface area contributed by atoms with Crippen LogP contribution in [0.15, 0.2) is 18.2 Å². The van der Waals surface area contributed by atoms with Gasteiger partial charge in [-0.05, 0) is 31.4 Å². The standard InChI is InChI=1S/C13H14BrF3O/c1-9-10(12(18)7-2-3-8-14)5-4-6-11(9)13(15,16)17/h4-6H,2-3,7-8H2,1H3. The van der Waals surface area contributed by atoms with Crippen molar-refractivity contribution in [2.45, 2.75) is 32.4 Å². The Morgan fingerprint density at radius 1 is 1.28 bits per heavy atom. The summed E-state index contributed by atoms with van der Waals surface area (Å²) in [6, 6.07) is 3.75. The number of hydrogen-bond donors (Lipinski definition) is 0. The van der Waals surface area contributed by atoms with Crippen molar-refractivity contribution in [1.29, 1.82) is 0 Å². The van der Waals surface area contributed by atoms with Gasteiger partial charge in [0.2, 0.25) is 0 Å². The molecule has 0 atom stereocenters. The summed E-state index contributed by atoms with van der Waals surface area (Å²) >= 11 is 3.25. The second-order valence-electron chi connectivity index (χ2n) is 4.05. The van der Waals surface area contributed by atoms with Crippen LogP contribution in [0.4, 0.5) is 13.2 Å². The molecule has 0 bridgehead atoms. The maximum absolute atomic E-state index is 12.7. The van der Waals surface area contributed by atoms with Crippen LogP contribution < -0.4 is 0 Å². The molecule has 1 nitrogen and oxygen atoms in total. The first-order chi connectivity index (χ1) is 8.38. The number of halogens is 4. The second kappa shape index (κ2) is 6.36. The van der Waals surface area contributed by atoms with Crippen molar-refractivity contribution in [1.82, 2.24) is 0 Å². The third kappa shape index (κ3) is 3.83. The van der Waals surface area contributed by atoms with Crippen molar-refractivity contribution in [3.05, 3.63) is 34.9 Å². The van der Waals surface area contributed by atoms with Crippen molar-refractivity contribution in [2.75, 3.05) is 5.33 Å². The highest BCUT2D eigenvalue weighted by molar-refractivity contribution is 9.09. The first kappa shape index (κ1) is 15.2. The molecule has 1 rings (SSSR count). The fourth-order valence-electron chi connectivity index (χ4n) is 1.76. The van der Waals surface area contributed by atoms with E-state index in [9.17, 15) is 18.0 Å². The lowest BCUT2D eigenvalue weighted by atomic mass is 9.96. The Hall–Kier alpha value is -0.840. The highest BCUT2D eigenvalue weighted by Crippen LogP contribution is 2.33. The Morgan fingerprint density at radius 2 is 1.94 bits per heavy atom. The van der Waals surface area contributed by atoms with E-state index in [-0.39, 0.29) is 23.3 Å². The van der Waals surface area contributed by atoms with E-state index in [0.717, 1.165) is 17.8 Å². The molecule has 0 aliphatic rings. The normalized spacial score (nSPS) is 11.6. The molecular formula is C13H14BrF3O. The Morgan fingerprint density at radius 3 is 2.50 bits per heavy atom. The molecule has 0 spiro atoms. The van der Waals surface area contributed by atoms with E-state index in [2.05, 4.69) is 15.9 Å². The van der Waals surface area contributed by atoms with Gasteiger partial charge in [0.25, 0.3) is 0 Å². The van der Waals surface area contributed by atoms with E-state index in [1.807, 2.05) is 0 Å². The van der Waals surface area contributed by atoms with Crippen LogP contribution in [0.25, 0.3) is 0 Å². The summed E-state index contributed by atoms with van der Waals surface area (Å²) in [4.78, 5) is 11.8. The van der Waals surface area contributed by atoms with E-state index in [4.69, 9.17) is 0 Å². The fourth-order valence-corrected chi connectivity index (χ4v) is 2.16. The maximum Gasteiger partial charge on any atom is 0.416 e. The summed E-state index contributed by atoms with van der Waals surface area (Å²) in [5.41, 5.74) is -0.526. The lowest BCUT2D eigenvalue weighted by molar-refractivity contribution is -0.138. The number of hydrogen-bond acceptors (Lipinski definition) is 1. The molecule has 0 aliphatic carbocycles. The van der Waals surface area contributed by atoms with Gasteiger partial charge in [0, 0.05) is 17.3 Å². The van der Waals surface area contributed by atoms with Gasteiger partial charge in [-0.1, -0.05) is 28.1 Å². The number of carbonyl (C=O) groups excluding carboxylic acids is 1. The molecule has 100 valence electrons. The first-order valence-electron chi connectivity index (χ1n) is 5.64. The molecule has 0 saturated heterocycles. The van der Waals surface area contributed by atoms with Crippen LogP contribution in [0.2, 0.25) is 0 Å². The van der Waals surface area contributed by atoms with Crippen molar-refractivity contribution < 1.29 is 18.0 Å². The molecule has 0 amide bonds. The Labute approximate surface area is 113 Å². The third-order valence-corrected chi connectivity index (χ3v) is 3.29. The van der Waals surface area contributed by atoms with E-state index in [1.54, 1.807) is 0 Å². The summed E-state index contributed by atoms with van der Waals surface area (Å²) in [5.74, 6) is -0.223. The Kier molecular flexibility index (Phi) is 5.38. The van der Waals surface area contributed by atoms with Gasteiger partial charge in [0.1, 0.15) is 0 Å². The summed E-state index contributed by atoms with van der Waals surface area (Å²) in [5, 5.41) is 0.794. The first-order valence-corrected chi connectivity index (χ1v) is 6.76. The molecular weight excluding hydrogens is 309 g/mol. The Bertz CT molecular complexity index is 427. The predicted molar refractivity (Wildman–Crippen MR) is 68.2 cm³/mol. The molecule has 0 fully saturated rings. The van der Waals surface area contributed by atoms with Gasteiger partial charge in [-0.25, -0.2) is 0 Å². The molecule has 1 aromatic carbocycles. The quantitative estimate of drug-likeness (QED) is 0.434. The summed E-state index contributed by atoms with van der Waals surface area (Å²) in [7, 11) is 0. The number of carbonyl (C=O) groups is 1. The minimum absolute atomic E-state index is 0.0221. The largest absolute Gasteiger partial charge is 0.416 e. The third-order valence-electron chi connectivity index (χ3n) is 2.73. The summed E-state index contributed by atoms with van der Waals surface area (Å²) in [6.07, 6.45) is -2.60. The smallest absolute Gasteiger partial charge is 0.294 e. The zero-order chi connectivity index (χ0) is 13.8. The highest BCUT2D eigenvalue weighted by atomic mass is 79.9. The maximum atomic E-state index is 12.7. The van der Waals surface area contributed by atoms with Crippen LogP contribution in [-0.2, 0) is 6.18 Å². The number of ketones is 1. The number of Topliss-reactive ketones (excluding diaryl/α,β-unsaturated/α-hetero) is 1. The van der Waals surface area contributed by atoms with E-state index in [0.29, 0.717) is 6.42 Å². The van der Waals surface area contributed by atoms with Gasteiger partial charge >= 0.3 is 6.18 Å². The molecule has 0 saturated carbocycles. The van der Waals surface area contributed by atoms with Crippen molar-refractivity contribution in [2.24, 2.45) is 0 Å². The molecule has 0 aromatic heterocycles. The molecule has 0 heterocycles. The number of alkyl halides is 4. The summed E-state index contributed by atoms with van der Waals surface area (Å²) < 4.78 is 38.0. The van der Waals surface area contributed by atoms with Crippen molar-refractivity contribution in [3.8, 4) is 0 Å². The molecule has 1 aromatic rings. The zero-order valence-corrected chi connectivity index (χ0v) is 11.6. The van der Waals surface area contributed by atoms with E-state index >= 15 is 0 Å². The highest BCUT2D eigenvalue weighted by Gasteiger charge is 2.33. The lowest BCUT2D eigenvalue weighted by Crippen LogP contribution is -2.11. The van der Waals surface area contributed by atoms with Gasteiger partial charge in [0.05, 0.1) is 5.56 Å². The zero-order valence-electron chi connectivity index (χ0n) is 9.98. The van der Waals surface area contributed by atoms with Crippen LogP contribution >= 0.6 is 15.9 Å². The van der Waals surface area contributed by atoms with Crippen molar-refractivity contribution in [3.63, 3.8) is 0 Å². The number of unbranched alkanes of at least 4 members (excludes halogenated alkanes) is 1. The monoisotopic (exact) mass is 322 g/mol. The number of rotatable bonds is 5. The minimum atomic E-state index is -4.41. The van der Waals surface area contributed by atoms with Crippen LogP contribution in [0.1, 0.15) is 40.7 Å². The predicted octanol–water partition coefficient (Wildman–Crippen LogP) is 4.76. The van der Waals surface area contributed by atoms with Crippen LogP contribution in [0, 0.1) is 6.92 Å². The second-order valence-corrected chi connectivity index (χ2v) is 4.84. The van der Waals surface area contributed by atoms with E-state index < -0.39 is 11.7 Å².